The van der Waals surface area contributed by atoms with Crippen molar-refractivity contribution in [2.75, 3.05) is 0 Å². The van der Waals surface area contributed by atoms with Crippen LogP contribution >= 0.6 is 0 Å². The van der Waals surface area contributed by atoms with Gasteiger partial charge < -0.3 is 19.4 Å². The van der Waals surface area contributed by atoms with Gasteiger partial charge in [-0.15, -0.1) is 0 Å². The molecule has 6 aromatic rings. The van der Waals surface area contributed by atoms with E-state index in [0.29, 0.717) is 0 Å². The molecule has 0 amide bonds. The molecule has 2 aromatic heterocycles. The summed E-state index contributed by atoms with van der Waals surface area (Å²) >= 11 is 0. The Labute approximate surface area is 209 Å². The number of ether oxygens (including phenoxy) is 2. The minimum Gasteiger partial charge on any atom is -0.457 e. The third-order valence-corrected chi connectivity index (χ3v) is 6.22. The van der Waals surface area contributed by atoms with Crippen LogP contribution in [-0.2, 0) is 12.8 Å². The molecule has 4 aromatic carbocycles. The zero-order valence-electron chi connectivity index (χ0n) is 20.2. The SMILES string of the molecule is CCc1ccc(Oc2ccc(-c3nc4ccc(Oc5ccc6nc(CC)[nH]c6c5)cc4[nH]3)cc2)cc1. The first-order valence-electron chi connectivity index (χ1n) is 12.2. The molecule has 0 fully saturated rings. The van der Waals surface area contributed by atoms with Crippen LogP contribution in [0.1, 0.15) is 25.2 Å². The molecule has 6 nitrogen and oxygen atoms in total. The number of hydrogen-bond acceptors (Lipinski definition) is 4. The first-order chi connectivity index (χ1) is 17.7. The van der Waals surface area contributed by atoms with Gasteiger partial charge in [0.1, 0.15) is 34.6 Å². The number of benzene rings is 4. The summed E-state index contributed by atoms with van der Waals surface area (Å²) < 4.78 is 12.1. The summed E-state index contributed by atoms with van der Waals surface area (Å²) in [4.78, 5) is 16.0. The molecule has 0 aliphatic rings. The smallest absolute Gasteiger partial charge is 0.138 e. The number of nitrogens with zero attached hydrogens (tertiary/aromatic N) is 2. The van der Waals surface area contributed by atoms with Crippen molar-refractivity contribution in [3.63, 3.8) is 0 Å². The highest BCUT2D eigenvalue weighted by molar-refractivity contribution is 5.81. The fraction of sp³-hybridized carbons (Fsp3) is 0.133. The second kappa shape index (κ2) is 9.23. The minimum absolute atomic E-state index is 0.741. The van der Waals surface area contributed by atoms with Gasteiger partial charge in [-0.25, -0.2) is 9.97 Å². The van der Waals surface area contributed by atoms with Gasteiger partial charge in [-0.05, 0) is 72.6 Å². The molecule has 0 aliphatic heterocycles. The summed E-state index contributed by atoms with van der Waals surface area (Å²) in [7, 11) is 0. The second-order valence-electron chi connectivity index (χ2n) is 8.71. The highest BCUT2D eigenvalue weighted by Gasteiger charge is 2.09. The third kappa shape index (κ3) is 4.41. The predicted molar refractivity (Wildman–Crippen MR) is 143 cm³/mol. The molecule has 0 radical (unpaired) electrons. The Morgan fingerprint density at radius 3 is 1.78 bits per heavy atom. The summed E-state index contributed by atoms with van der Waals surface area (Å²) in [5.74, 6) is 4.88. The number of aromatic nitrogens is 4. The lowest BCUT2D eigenvalue weighted by atomic mass is 10.2. The van der Waals surface area contributed by atoms with Crippen molar-refractivity contribution in [2.45, 2.75) is 26.7 Å². The lowest BCUT2D eigenvalue weighted by Gasteiger charge is -2.07. The van der Waals surface area contributed by atoms with Crippen LogP contribution in [0.15, 0.2) is 84.9 Å². The molecule has 2 N–H and O–H groups in total. The summed E-state index contributed by atoms with van der Waals surface area (Å²) in [6.45, 7) is 4.22. The Morgan fingerprint density at radius 1 is 0.583 bits per heavy atom. The van der Waals surface area contributed by atoms with Gasteiger partial charge in [-0.3, -0.25) is 0 Å². The normalized spacial score (nSPS) is 11.3. The first-order valence-corrected chi connectivity index (χ1v) is 12.2. The molecule has 2 heterocycles. The molecule has 6 heteroatoms. The largest absolute Gasteiger partial charge is 0.457 e. The van der Waals surface area contributed by atoms with Gasteiger partial charge >= 0.3 is 0 Å². The number of rotatable bonds is 7. The van der Waals surface area contributed by atoms with Crippen molar-refractivity contribution >= 4 is 22.1 Å². The molecule has 36 heavy (non-hydrogen) atoms. The average molecular weight is 475 g/mol. The van der Waals surface area contributed by atoms with Gasteiger partial charge in [0.15, 0.2) is 0 Å². The molecular formula is C30H26N4O2. The zero-order valence-corrected chi connectivity index (χ0v) is 20.2. The molecule has 178 valence electrons. The van der Waals surface area contributed by atoms with Gasteiger partial charge in [0.2, 0.25) is 0 Å². The first kappa shape index (κ1) is 21.9. The van der Waals surface area contributed by atoms with Crippen molar-refractivity contribution < 1.29 is 9.47 Å². The Morgan fingerprint density at radius 2 is 1.14 bits per heavy atom. The summed E-state index contributed by atoms with van der Waals surface area (Å²) in [5.41, 5.74) is 5.98. The highest BCUT2D eigenvalue weighted by atomic mass is 16.5. The standard InChI is InChI=1S/C30H26N4O2/c1-3-19-5-9-21(10-6-19)35-22-11-7-20(8-12-22)30-33-26-16-14-24(18-28(26)34-30)36-23-13-15-25-27(17-23)32-29(4-2)31-25/h5-18H,3-4H2,1-2H3,(H,31,32)(H,33,34). The number of imidazole rings is 2. The van der Waals surface area contributed by atoms with Gasteiger partial charge in [-0.2, -0.15) is 0 Å². The van der Waals surface area contributed by atoms with Crippen LogP contribution in [0.25, 0.3) is 33.5 Å². The van der Waals surface area contributed by atoms with E-state index < -0.39 is 0 Å². The zero-order chi connectivity index (χ0) is 24.5. The van der Waals surface area contributed by atoms with Crippen molar-refractivity contribution in [2.24, 2.45) is 0 Å². The fourth-order valence-corrected chi connectivity index (χ4v) is 4.21. The van der Waals surface area contributed by atoms with E-state index in [2.05, 4.69) is 40.9 Å². The molecule has 6 rings (SSSR count). The highest BCUT2D eigenvalue weighted by Crippen LogP contribution is 2.30. The van der Waals surface area contributed by atoms with E-state index in [4.69, 9.17) is 14.5 Å². The monoisotopic (exact) mass is 474 g/mol. The van der Waals surface area contributed by atoms with Crippen molar-refractivity contribution in [3.05, 3.63) is 96.3 Å². The van der Waals surface area contributed by atoms with Crippen LogP contribution in [0.3, 0.4) is 0 Å². The van der Waals surface area contributed by atoms with Crippen molar-refractivity contribution in [1.29, 1.82) is 0 Å². The maximum absolute atomic E-state index is 6.13. The minimum atomic E-state index is 0.741. The van der Waals surface area contributed by atoms with Gasteiger partial charge in [-0.1, -0.05) is 26.0 Å². The van der Waals surface area contributed by atoms with Gasteiger partial charge in [0.25, 0.3) is 0 Å². The van der Waals surface area contributed by atoms with Crippen LogP contribution in [-0.4, -0.2) is 19.9 Å². The van der Waals surface area contributed by atoms with Crippen LogP contribution in [0, 0.1) is 0 Å². The Kier molecular flexibility index (Phi) is 5.62. The van der Waals surface area contributed by atoms with Gasteiger partial charge in [0.05, 0.1) is 22.1 Å². The lowest BCUT2D eigenvalue weighted by Crippen LogP contribution is -1.86. The Hall–Kier alpha value is -4.58. The molecule has 0 aliphatic carbocycles. The fourth-order valence-electron chi connectivity index (χ4n) is 4.21. The molecule has 0 atom stereocenters. The lowest BCUT2D eigenvalue weighted by molar-refractivity contribution is 0.482. The average Bonchev–Trinajstić information content (AvgIpc) is 3.53. The maximum atomic E-state index is 6.13. The van der Waals surface area contributed by atoms with Crippen LogP contribution in [0.2, 0.25) is 0 Å². The van der Waals surface area contributed by atoms with Gasteiger partial charge in [0, 0.05) is 24.1 Å². The summed E-state index contributed by atoms with van der Waals surface area (Å²) in [6.07, 6.45) is 1.88. The molecule has 0 saturated heterocycles. The summed E-state index contributed by atoms with van der Waals surface area (Å²) in [6, 6.07) is 27.9. The molecule has 0 spiro atoms. The molecular weight excluding hydrogens is 448 g/mol. The van der Waals surface area contributed by atoms with E-state index in [1.54, 1.807) is 0 Å². The Bertz CT molecular complexity index is 1650. The van der Waals surface area contributed by atoms with E-state index in [9.17, 15) is 0 Å². The van der Waals surface area contributed by atoms with E-state index in [1.165, 1.54) is 5.56 Å². The van der Waals surface area contributed by atoms with Crippen LogP contribution < -0.4 is 9.47 Å². The molecule has 0 unspecified atom stereocenters. The van der Waals surface area contributed by atoms with Crippen molar-refractivity contribution in [1.82, 2.24) is 19.9 Å². The summed E-state index contributed by atoms with van der Waals surface area (Å²) in [5, 5.41) is 0. The topological polar surface area (TPSA) is 75.8 Å². The maximum Gasteiger partial charge on any atom is 0.138 e. The van der Waals surface area contributed by atoms with Crippen LogP contribution in [0.4, 0.5) is 0 Å². The van der Waals surface area contributed by atoms with E-state index in [-0.39, 0.29) is 0 Å². The number of fused-ring (bicyclic) bond motifs is 2. The third-order valence-electron chi connectivity index (χ3n) is 6.22. The molecule has 0 bridgehead atoms. The molecule has 0 saturated carbocycles. The van der Waals surface area contributed by atoms with E-state index in [0.717, 1.165) is 75.1 Å². The van der Waals surface area contributed by atoms with Crippen LogP contribution in [0.5, 0.6) is 23.0 Å². The quantitative estimate of drug-likeness (QED) is 0.247. The van der Waals surface area contributed by atoms with E-state index in [1.807, 2.05) is 72.8 Å². The number of aryl methyl sites for hydroxylation is 2. The second-order valence-corrected chi connectivity index (χ2v) is 8.71. The Balaban J connectivity index is 1.19. The number of nitrogens with one attached hydrogen (secondary N) is 2. The van der Waals surface area contributed by atoms with Crippen molar-refractivity contribution in [3.8, 4) is 34.4 Å². The number of hydrogen-bond donors (Lipinski definition) is 2. The predicted octanol–water partition coefficient (Wildman–Crippen LogP) is 7.82. The van der Waals surface area contributed by atoms with E-state index >= 15 is 0 Å². The number of H-pyrrole nitrogens is 2. The number of aromatic amines is 2.